The lowest BCUT2D eigenvalue weighted by atomic mass is 10.1. The average molecular weight is 394 g/mol. The van der Waals surface area contributed by atoms with E-state index < -0.39 is 0 Å². The Balaban J connectivity index is 1.76. The fraction of sp³-hybridized carbons (Fsp3) is 0.455. The molecule has 1 N–H and O–H groups in total. The highest BCUT2D eigenvalue weighted by molar-refractivity contribution is 6.35. The van der Waals surface area contributed by atoms with Crippen LogP contribution in [0.1, 0.15) is 56.6 Å². The highest BCUT2D eigenvalue weighted by Crippen LogP contribution is 2.24. The smallest absolute Gasteiger partial charge is 0.124 e. The molecular formula is C22H29Cl2NO. The van der Waals surface area contributed by atoms with E-state index in [2.05, 4.69) is 18.3 Å². The van der Waals surface area contributed by atoms with E-state index in [-0.39, 0.29) is 0 Å². The van der Waals surface area contributed by atoms with E-state index >= 15 is 0 Å². The molecule has 0 spiro atoms. The quantitative estimate of drug-likeness (QED) is 0.391. The van der Waals surface area contributed by atoms with Crippen molar-refractivity contribution in [3.63, 3.8) is 0 Å². The summed E-state index contributed by atoms with van der Waals surface area (Å²) >= 11 is 12.2. The molecule has 0 saturated carbocycles. The number of halogens is 2. The molecule has 0 aliphatic heterocycles. The first kappa shape index (κ1) is 21.1. The minimum absolute atomic E-state index is 0.435. The van der Waals surface area contributed by atoms with Gasteiger partial charge in [0.2, 0.25) is 0 Å². The van der Waals surface area contributed by atoms with Crippen LogP contribution in [0.5, 0.6) is 5.75 Å². The Kier molecular flexibility index (Phi) is 9.91. The van der Waals surface area contributed by atoms with Crippen LogP contribution in [0.3, 0.4) is 0 Å². The van der Waals surface area contributed by atoms with Crippen molar-refractivity contribution >= 4 is 23.2 Å². The zero-order chi connectivity index (χ0) is 18.6. The van der Waals surface area contributed by atoms with Crippen molar-refractivity contribution in [2.75, 3.05) is 6.54 Å². The molecule has 0 amide bonds. The summed E-state index contributed by atoms with van der Waals surface area (Å²) < 4.78 is 6.00. The van der Waals surface area contributed by atoms with Crippen LogP contribution in [0.2, 0.25) is 10.0 Å². The van der Waals surface area contributed by atoms with E-state index in [1.165, 1.54) is 44.1 Å². The summed E-state index contributed by atoms with van der Waals surface area (Å²) in [7, 11) is 0. The zero-order valence-corrected chi connectivity index (χ0v) is 17.1. The van der Waals surface area contributed by atoms with Crippen molar-refractivity contribution < 1.29 is 4.74 Å². The molecule has 2 rings (SSSR count). The van der Waals surface area contributed by atoms with E-state index in [0.29, 0.717) is 16.7 Å². The van der Waals surface area contributed by atoms with Crippen molar-refractivity contribution in [3.05, 3.63) is 63.6 Å². The molecule has 0 heterocycles. The van der Waals surface area contributed by atoms with Gasteiger partial charge in [0.05, 0.1) is 0 Å². The van der Waals surface area contributed by atoms with Gasteiger partial charge in [-0.15, -0.1) is 0 Å². The van der Waals surface area contributed by atoms with Gasteiger partial charge in [-0.2, -0.15) is 0 Å². The minimum Gasteiger partial charge on any atom is -0.489 e. The first-order valence-electron chi connectivity index (χ1n) is 9.56. The number of unbranched alkanes of at least 4 members (excludes halogenated alkanes) is 5. The largest absolute Gasteiger partial charge is 0.489 e. The predicted octanol–water partition coefficient (Wildman–Crippen LogP) is 7.02. The Morgan fingerprint density at radius 3 is 2.46 bits per heavy atom. The zero-order valence-electron chi connectivity index (χ0n) is 15.6. The second-order valence-corrected chi connectivity index (χ2v) is 7.42. The number of hydrogen-bond donors (Lipinski definition) is 1. The van der Waals surface area contributed by atoms with Gasteiger partial charge in [-0.05, 0) is 31.2 Å². The van der Waals surface area contributed by atoms with Gasteiger partial charge in [0.15, 0.2) is 0 Å². The number of nitrogens with one attached hydrogen (secondary N) is 1. The van der Waals surface area contributed by atoms with Gasteiger partial charge < -0.3 is 10.1 Å². The number of ether oxygens (including phenoxy) is 1. The molecule has 0 aromatic heterocycles. The third-order valence-electron chi connectivity index (χ3n) is 4.39. The highest BCUT2D eigenvalue weighted by Gasteiger charge is 2.06. The van der Waals surface area contributed by atoms with Crippen molar-refractivity contribution in [3.8, 4) is 5.75 Å². The van der Waals surface area contributed by atoms with Crippen LogP contribution in [0.4, 0.5) is 0 Å². The van der Waals surface area contributed by atoms with Crippen LogP contribution >= 0.6 is 23.2 Å². The number of rotatable bonds is 12. The van der Waals surface area contributed by atoms with E-state index in [4.69, 9.17) is 27.9 Å². The van der Waals surface area contributed by atoms with Crippen molar-refractivity contribution in [2.24, 2.45) is 0 Å². The van der Waals surface area contributed by atoms with Crippen molar-refractivity contribution in [1.82, 2.24) is 5.32 Å². The molecule has 0 bridgehead atoms. The maximum atomic E-state index is 6.22. The molecule has 4 heteroatoms. The summed E-state index contributed by atoms with van der Waals surface area (Å²) in [5.74, 6) is 0.897. The van der Waals surface area contributed by atoms with Crippen LogP contribution in [-0.4, -0.2) is 6.54 Å². The van der Waals surface area contributed by atoms with E-state index in [1.54, 1.807) is 6.07 Å². The van der Waals surface area contributed by atoms with Crippen LogP contribution in [0.15, 0.2) is 42.5 Å². The lowest BCUT2D eigenvalue weighted by molar-refractivity contribution is 0.302. The standard InChI is InChI=1S/C22H29Cl2NO/c1-2-3-4-5-6-9-14-25-16-18-10-7-8-11-22(18)26-17-19-12-13-20(23)15-21(19)24/h7-8,10-13,15,25H,2-6,9,14,16-17H2,1H3. The minimum atomic E-state index is 0.435. The predicted molar refractivity (Wildman–Crippen MR) is 112 cm³/mol. The summed E-state index contributed by atoms with van der Waals surface area (Å²) in [4.78, 5) is 0. The monoisotopic (exact) mass is 393 g/mol. The molecule has 2 aromatic carbocycles. The summed E-state index contributed by atoms with van der Waals surface area (Å²) in [6.45, 7) is 4.55. The fourth-order valence-corrected chi connectivity index (χ4v) is 3.30. The molecule has 0 atom stereocenters. The third-order valence-corrected chi connectivity index (χ3v) is 4.98. The summed E-state index contributed by atoms with van der Waals surface area (Å²) in [6.07, 6.45) is 7.90. The maximum absolute atomic E-state index is 6.22. The van der Waals surface area contributed by atoms with Crippen LogP contribution in [0, 0.1) is 0 Å². The second kappa shape index (κ2) is 12.2. The molecule has 0 aliphatic rings. The lowest BCUT2D eigenvalue weighted by Crippen LogP contribution is -2.15. The maximum Gasteiger partial charge on any atom is 0.124 e. The first-order chi connectivity index (χ1) is 12.7. The molecule has 26 heavy (non-hydrogen) atoms. The molecule has 2 aromatic rings. The van der Waals surface area contributed by atoms with Crippen molar-refractivity contribution in [1.29, 1.82) is 0 Å². The van der Waals surface area contributed by atoms with Gasteiger partial charge in [-0.1, -0.05) is 86.5 Å². The Morgan fingerprint density at radius 1 is 0.885 bits per heavy atom. The molecule has 0 saturated heterocycles. The Morgan fingerprint density at radius 2 is 1.65 bits per heavy atom. The SMILES string of the molecule is CCCCCCCCNCc1ccccc1OCc1ccc(Cl)cc1Cl. The molecule has 0 aliphatic carbocycles. The molecular weight excluding hydrogens is 365 g/mol. The van der Waals surface area contributed by atoms with Gasteiger partial charge in [-0.25, -0.2) is 0 Å². The third kappa shape index (κ3) is 7.57. The molecule has 2 nitrogen and oxygen atoms in total. The van der Waals surface area contributed by atoms with Crippen LogP contribution in [0.25, 0.3) is 0 Å². The van der Waals surface area contributed by atoms with Gasteiger partial charge >= 0.3 is 0 Å². The number of hydrogen-bond acceptors (Lipinski definition) is 2. The fourth-order valence-electron chi connectivity index (χ4n) is 2.84. The van der Waals surface area contributed by atoms with Gasteiger partial charge in [-0.3, -0.25) is 0 Å². The van der Waals surface area contributed by atoms with Crippen LogP contribution in [-0.2, 0) is 13.2 Å². The van der Waals surface area contributed by atoms with E-state index in [0.717, 1.165) is 24.4 Å². The highest BCUT2D eigenvalue weighted by atomic mass is 35.5. The summed E-state index contributed by atoms with van der Waals surface area (Å²) in [5.41, 5.74) is 2.11. The molecule has 0 unspecified atom stereocenters. The normalized spacial score (nSPS) is 10.9. The lowest BCUT2D eigenvalue weighted by Gasteiger charge is -2.13. The number of para-hydroxylation sites is 1. The topological polar surface area (TPSA) is 21.3 Å². The van der Waals surface area contributed by atoms with Crippen LogP contribution < -0.4 is 10.1 Å². The van der Waals surface area contributed by atoms with Gasteiger partial charge in [0, 0.05) is 27.7 Å². The van der Waals surface area contributed by atoms with E-state index in [1.807, 2.05) is 30.3 Å². The van der Waals surface area contributed by atoms with Crippen molar-refractivity contribution in [2.45, 2.75) is 58.6 Å². The number of benzene rings is 2. The first-order valence-corrected chi connectivity index (χ1v) is 10.3. The molecule has 142 valence electrons. The molecule has 0 radical (unpaired) electrons. The Hall–Kier alpha value is -1.22. The summed E-state index contributed by atoms with van der Waals surface area (Å²) in [6, 6.07) is 13.6. The molecule has 0 fully saturated rings. The van der Waals surface area contributed by atoms with Gasteiger partial charge in [0.25, 0.3) is 0 Å². The Labute approximate surface area is 167 Å². The Bertz CT molecular complexity index is 660. The van der Waals surface area contributed by atoms with Gasteiger partial charge in [0.1, 0.15) is 12.4 Å². The summed E-state index contributed by atoms with van der Waals surface area (Å²) in [5, 5.41) is 4.80. The average Bonchev–Trinajstić information content (AvgIpc) is 2.64. The van der Waals surface area contributed by atoms with E-state index in [9.17, 15) is 0 Å². The second-order valence-electron chi connectivity index (χ2n) is 6.58.